The number of hydrogen-bond acceptors (Lipinski definition) is 5. The minimum Gasteiger partial charge on any atom is -0.342 e. The molecule has 2 saturated heterocycles. The van der Waals surface area contributed by atoms with Crippen LogP contribution in [0.4, 0.5) is 0 Å². The number of carbonyl (C=O) groups excluding carboxylic acids is 2. The van der Waals surface area contributed by atoms with Crippen LogP contribution in [0.25, 0.3) is 11.4 Å². The molecule has 4 rings (SSSR count). The van der Waals surface area contributed by atoms with E-state index in [9.17, 15) is 9.59 Å². The molecule has 7 nitrogen and oxygen atoms in total. The lowest BCUT2D eigenvalue weighted by Gasteiger charge is -2.34. The van der Waals surface area contributed by atoms with Gasteiger partial charge in [0, 0.05) is 44.2 Å². The average molecular weight is 470 g/mol. The van der Waals surface area contributed by atoms with Crippen molar-refractivity contribution in [3.8, 4) is 11.4 Å². The maximum atomic E-state index is 12.9. The SMILES string of the molecule is CCn1c(SCC(=O)N2CCC(C(=O)N3CCCCCC3)CC2)nnc1-c1cccc(C)c1. The van der Waals surface area contributed by atoms with E-state index in [0.29, 0.717) is 24.7 Å². The first kappa shape index (κ1) is 23.8. The van der Waals surface area contributed by atoms with E-state index in [-0.39, 0.29) is 11.8 Å². The summed E-state index contributed by atoms with van der Waals surface area (Å²) in [6.07, 6.45) is 6.24. The Balaban J connectivity index is 1.30. The van der Waals surface area contributed by atoms with Gasteiger partial charge in [0.1, 0.15) is 0 Å². The Hall–Kier alpha value is -2.35. The molecule has 0 N–H and O–H groups in total. The van der Waals surface area contributed by atoms with Gasteiger partial charge in [0.2, 0.25) is 11.8 Å². The fraction of sp³-hybridized carbons (Fsp3) is 0.600. The highest BCUT2D eigenvalue weighted by atomic mass is 32.2. The predicted molar refractivity (Wildman–Crippen MR) is 131 cm³/mol. The first-order chi connectivity index (χ1) is 16.1. The third-order valence-electron chi connectivity index (χ3n) is 6.75. The maximum Gasteiger partial charge on any atom is 0.233 e. The predicted octanol–water partition coefficient (Wildman–Crippen LogP) is 4.01. The second-order valence-electron chi connectivity index (χ2n) is 9.10. The average Bonchev–Trinajstić information content (AvgIpc) is 3.05. The number of likely N-dealkylation sites (tertiary alicyclic amines) is 2. The molecule has 0 saturated carbocycles. The number of rotatable bonds is 6. The second-order valence-corrected chi connectivity index (χ2v) is 10.0. The van der Waals surface area contributed by atoms with Gasteiger partial charge in [-0.25, -0.2) is 0 Å². The molecule has 0 unspecified atom stereocenters. The van der Waals surface area contributed by atoms with E-state index < -0.39 is 0 Å². The van der Waals surface area contributed by atoms with Gasteiger partial charge in [0.15, 0.2) is 11.0 Å². The molecule has 1 aromatic carbocycles. The number of carbonyl (C=O) groups is 2. The number of hydrogen-bond donors (Lipinski definition) is 0. The molecule has 2 aliphatic rings. The van der Waals surface area contributed by atoms with E-state index in [0.717, 1.165) is 61.9 Å². The zero-order valence-electron chi connectivity index (χ0n) is 19.8. The minimum absolute atomic E-state index is 0.0693. The molecular weight excluding hydrogens is 434 g/mol. The van der Waals surface area contributed by atoms with Crippen LogP contribution in [-0.4, -0.2) is 68.3 Å². The molecule has 8 heteroatoms. The summed E-state index contributed by atoms with van der Waals surface area (Å²) in [6.45, 7) is 8.01. The first-order valence-corrected chi connectivity index (χ1v) is 13.2. The molecule has 2 aromatic rings. The Morgan fingerprint density at radius 3 is 2.39 bits per heavy atom. The van der Waals surface area contributed by atoms with Gasteiger partial charge in [-0.05, 0) is 45.6 Å². The number of benzene rings is 1. The van der Waals surface area contributed by atoms with Gasteiger partial charge in [-0.3, -0.25) is 9.59 Å². The largest absolute Gasteiger partial charge is 0.342 e. The van der Waals surface area contributed by atoms with Crippen LogP contribution in [-0.2, 0) is 16.1 Å². The molecule has 0 spiro atoms. The second kappa shape index (κ2) is 11.2. The lowest BCUT2D eigenvalue weighted by Crippen LogP contribution is -2.45. The number of thioether (sulfide) groups is 1. The van der Waals surface area contributed by atoms with E-state index in [1.54, 1.807) is 0 Å². The van der Waals surface area contributed by atoms with E-state index in [4.69, 9.17) is 0 Å². The normalized spacial score (nSPS) is 17.8. The third kappa shape index (κ3) is 5.78. The van der Waals surface area contributed by atoms with Gasteiger partial charge in [-0.1, -0.05) is 48.4 Å². The van der Waals surface area contributed by atoms with Crippen molar-refractivity contribution >= 4 is 23.6 Å². The summed E-state index contributed by atoms with van der Waals surface area (Å²) in [5.41, 5.74) is 2.22. The highest BCUT2D eigenvalue weighted by Crippen LogP contribution is 2.26. The molecule has 0 radical (unpaired) electrons. The van der Waals surface area contributed by atoms with Crippen LogP contribution in [0, 0.1) is 12.8 Å². The summed E-state index contributed by atoms with van der Waals surface area (Å²) in [4.78, 5) is 29.7. The third-order valence-corrected chi connectivity index (χ3v) is 7.70. The fourth-order valence-electron chi connectivity index (χ4n) is 4.82. The molecule has 178 valence electrons. The molecular formula is C25H35N5O2S. The zero-order valence-corrected chi connectivity index (χ0v) is 20.6. The van der Waals surface area contributed by atoms with Crippen molar-refractivity contribution in [3.63, 3.8) is 0 Å². The van der Waals surface area contributed by atoms with Gasteiger partial charge >= 0.3 is 0 Å². The quantitative estimate of drug-likeness (QED) is 0.598. The van der Waals surface area contributed by atoms with E-state index >= 15 is 0 Å². The van der Waals surface area contributed by atoms with Crippen LogP contribution in [0.5, 0.6) is 0 Å². The van der Waals surface area contributed by atoms with Gasteiger partial charge in [0.25, 0.3) is 0 Å². The summed E-state index contributed by atoms with van der Waals surface area (Å²) in [5, 5.41) is 9.53. The van der Waals surface area contributed by atoms with Crippen molar-refractivity contribution < 1.29 is 9.59 Å². The highest BCUT2D eigenvalue weighted by Gasteiger charge is 2.30. The summed E-state index contributed by atoms with van der Waals surface area (Å²) < 4.78 is 2.07. The Kier molecular flexibility index (Phi) is 8.06. The molecule has 0 aliphatic carbocycles. The van der Waals surface area contributed by atoms with E-state index in [1.165, 1.54) is 30.2 Å². The zero-order chi connectivity index (χ0) is 23.2. The lowest BCUT2D eigenvalue weighted by atomic mass is 9.95. The Morgan fingerprint density at radius 1 is 1.00 bits per heavy atom. The highest BCUT2D eigenvalue weighted by molar-refractivity contribution is 7.99. The summed E-state index contributed by atoms with van der Waals surface area (Å²) in [6, 6.07) is 8.23. The first-order valence-electron chi connectivity index (χ1n) is 12.3. The monoisotopic (exact) mass is 469 g/mol. The smallest absolute Gasteiger partial charge is 0.233 e. The summed E-state index contributed by atoms with van der Waals surface area (Å²) >= 11 is 1.45. The van der Waals surface area contributed by atoms with Crippen molar-refractivity contribution in [2.75, 3.05) is 31.9 Å². The summed E-state index contributed by atoms with van der Waals surface area (Å²) in [5.74, 6) is 1.67. The number of amides is 2. The fourth-order valence-corrected chi connectivity index (χ4v) is 5.73. The lowest BCUT2D eigenvalue weighted by molar-refractivity contribution is -0.139. The van der Waals surface area contributed by atoms with Crippen molar-refractivity contribution in [1.82, 2.24) is 24.6 Å². The Labute approximate surface area is 200 Å². The van der Waals surface area contributed by atoms with Crippen LogP contribution in [0.3, 0.4) is 0 Å². The van der Waals surface area contributed by atoms with Gasteiger partial charge in [-0.2, -0.15) is 0 Å². The molecule has 2 aliphatic heterocycles. The van der Waals surface area contributed by atoms with Crippen LogP contribution in [0.15, 0.2) is 29.4 Å². The van der Waals surface area contributed by atoms with E-state index in [1.807, 2.05) is 17.0 Å². The van der Waals surface area contributed by atoms with E-state index in [2.05, 4.69) is 45.6 Å². The molecule has 2 fully saturated rings. The van der Waals surface area contributed by atoms with Crippen molar-refractivity contribution in [2.24, 2.45) is 5.92 Å². The minimum atomic E-state index is 0.0693. The Bertz CT molecular complexity index is 959. The van der Waals surface area contributed by atoms with Crippen LogP contribution in [0.1, 0.15) is 51.0 Å². The van der Waals surface area contributed by atoms with Crippen LogP contribution >= 0.6 is 11.8 Å². The standard InChI is InChI=1S/C25H35N5O2S/c1-3-30-23(21-10-8-9-19(2)17-21)26-27-25(30)33-18-22(31)28-15-11-20(12-16-28)24(32)29-13-6-4-5-7-14-29/h8-10,17,20H,3-7,11-16,18H2,1-2H3. The Morgan fingerprint density at radius 2 is 1.73 bits per heavy atom. The van der Waals surface area contributed by atoms with Crippen molar-refractivity contribution in [2.45, 2.75) is 64.1 Å². The topological polar surface area (TPSA) is 71.3 Å². The maximum absolute atomic E-state index is 12.9. The van der Waals surface area contributed by atoms with Crippen molar-refractivity contribution in [3.05, 3.63) is 29.8 Å². The number of aromatic nitrogens is 3. The molecule has 2 amide bonds. The molecule has 0 atom stereocenters. The van der Waals surface area contributed by atoms with Gasteiger partial charge in [-0.15, -0.1) is 10.2 Å². The number of aryl methyl sites for hydroxylation is 1. The number of piperidine rings is 1. The van der Waals surface area contributed by atoms with Crippen LogP contribution in [0.2, 0.25) is 0 Å². The van der Waals surface area contributed by atoms with Crippen molar-refractivity contribution in [1.29, 1.82) is 0 Å². The molecule has 3 heterocycles. The van der Waals surface area contributed by atoms with Gasteiger partial charge in [0.05, 0.1) is 5.75 Å². The molecule has 1 aromatic heterocycles. The van der Waals surface area contributed by atoms with Gasteiger partial charge < -0.3 is 14.4 Å². The summed E-state index contributed by atoms with van der Waals surface area (Å²) in [7, 11) is 0. The molecule has 0 bridgehead atoms. The number of nitrogens with zero attached hydrogens (tertiary/aromatic N) is 5. The van der Waals surface area contributed by atoms with Crippen LogP contribution < -0.4 is 0 Å². The molecule has 33 heavy (non-hydrogen) atoms.